The van der Waals surface area contributed by atoms with Crippen molar-refractivity contribution in [3.63, 3.8) is 0 Å². The fourth-order valence-corrected chi connectivity index (χ4v) is 2.91. The van der Waals surface area contributed by atoms with Crippen molar-refractivity contribution in [2.45, 2.75) is 51.5 Å². The highest BCUT2D eigenvalue weighted by Crippen LogP contribution is 2.44. The van der Waals surface area contributed by atoms with Gasteiger partial charge >= 0.3 is 5.97 Å². The molecule has 1 aliphatic carbocycles. The number of carbonyl (C=O) groups is 2. The van der Waals surface area contributed by atoms with Crippen molar-refractivity contribution in [1.29, 1.82) is 0 Å². The van der Waals surface area contributed by atoms with Gasteiger partial charge in [0, 0.05) is 0 Å². The molecule has 0 radical (unpaired) electrons. The molecule has 1 saturated carbocycles. The standard InChI is InChI=1S/C17H23NO3/c1-11(2)14(15(19)20)18-16(21)17(8-5-9-17)13-7-4-6-12(3)10-13/h4,6-7,10-11,14H,5,8-9H2,1-3H3,(H,18,21)(H,19,20)/t14-/m0/s1. The molecule has 4 nitrogen and oxygen atoms in total. The van der Waals surface area contributed by atoms with E-state index in [1.165, 1.54) is 0 Å². The van der Waals surface area contributed by atoms with Crippen LogP contribution in [0.25, 0.3) is 0 Å². The molecule has 1 fully saturated rings. The molecule has 21 heavy (non-hydrogen) atoms. The summed E-state index contributed by atoms with van der Waals surface area (Å²) in [5.74, 6) is -1.27. The van der Waals surface area contributed by atoms with Gasteiger partial charge in [0.05, 0.1) is 5.41 Å². The Bertz CT molecular complexity index is 547. The molecule has 1 aromatic carbocycles. The molecule has 2 N–H and O–H groups in total. The molecule has 114 valence electrons. The minimum absolute atomic E-state index is 0.138. The van der Waals surface area contributed by atoms with Crippen molar-refractivity contribution < 1.29 is 14.7 Å². The largest absolute Gasteiger partial charge is 0.480 e. The zero-order valence-corrected chi connectivity index (χ0v) is 12.8. The topological polar surface area (TPSA) is 66.4 Å². The SMILES string of the molecule is Cc1cccc(C2(C(=O)N[C@H](C(=O)O)C(C)C)CCC2)c1. The van der Waals surface area contributed by atoms with Crippen LogP contribution in [0, 0.1) is 12.8 Å². The molecule has 1 aromatic rings. The second kappa shape index (κ2) is 5.88. The van der Waals surface area contributed by atoms with Crippen molar-refractivity contribution >= 4 is 11.9 Å². The maximum absolute atomic E-state index is 12.7. The lowest BCUT2D eigenvalue weighted by Gasteiger charge is -2.41. The lowest BCUT2D eigenvalue weighted by Crippen LogP contribution is -2.55. The lowest BCUT2D eigenvalue weighted by atomic mass is 9.63. The maximum Gasteiger partial charge on any atom is 0.326 e. The van der Waals surface area contributed by atoms with Crippen molar-refractivity contribution in [3.05, 3.63) is 35.4 Å². The van der Waals surface area contributed by atoms with E-state index in [2.05, 4.69) is 5.32 Å². The molecular formula is C17H23NO3. The quantitative estimate of drug-likeness (QED) is 0.875. The average Bonchev–Trinajstić information content (AvgIpc) is 2.34. The van der Waals surface area contributed by atoms with Crippen LogP contribution in [0.2, 0.25) is 0 Å². The molecule has 1 atom stereocenters. The van der Waals surface area contributed by atoms with E-state index in [0.717, 1.165) is 30.4 Å². The molecule has 0 unspecified atom stereocenters. The second-order valence-corrected chi connectivity index (χ2v) is 6.34. The van der Waals surface area contributed by atoms with E-state index in [0.29, 0.717) is 0 Å². The molecule has 0 aromatic heterocycles. The molecular weight excluding hydrogens is 266 g/mol. The van der Waals surface area contributed by atoms with Gasteiger partial charge in [-0.1, -0.05) is 50.1 Å². The highest BCUT2D eigenvalue weighted by molar-refractivity contribution is 5.92. The Kier molecular flexibility index (Phi) is 4.35. The van der Waals surface area contributed by atoms with Gasteiger partial charge in [-0.15, -0.1) is 0 Å². The summed E-state index contributed by atoms with van der Waals surface area (Å²) in [5.41, 5.74) is 1.57. The number of hydrogen-bond acceptors (Lipinski definition) is 2. The first-order chi connectivity index (χ1) is 9.86. The van der Waals surface area contributed by atoms with Gasteiger partial charge in [0.25, 0.3) is 0 Å². The number of aliphatic carboxylic acids is 1. The van der Waals surface area contributed by atoms with Crippen molar-refractivity contribution in [1.82, 2.24) is 5.32 Å². The third kappa shape index (κ3) is 2.94. The normalized spacial score (nSPS) is 17.9. The van der Waals surface area contributed by atoms with Gasteiger partial charge in [0.1, 0.15) is 6.04 Å². The highest BCUT2D eigenvalue weighted by Gasteiger charge is 2.46. The van der Waals surface area contributed by atoms with Crippen molar-refractivity contribution in [3.8, 4) is 0 Å². The Morgan fingerprint density at radius 1 is 1.29 bits per heavy atom. The van der Waals surface area contributed by atoms with Crippen LogP contribution in [0.1, 0.15) is 44.2 Å². The Balaban J connectivity index is 2.24. The Labute approximate surface area is 125 Å². The number of nitrogens with one attached hydrogen (secondary N) is 1. The highest BCUT2D eigenvalue weighted by atomic mass is 16.4. The molecule has 0 aliphatic heterocycles. The number of amides is 1. The first kappa shape index (κ1) is 15.5. The number of carbonyl (C=O) groups excluding carboxylic acids is 1. The molecule has 2 rings (SSSR count). The van der Waals surface area contributed by atoms with Crippen LogP contribution in [0.3, 0.4) is 0 Å². The molecule has 1 aliphatic rings. The summed E-state index contributed by atoms with van der Waals surface area (Å²) in [5, 5.41) is 12.0. The van der Waals surface area contributed by atoms with E-state index >= 15 is 0 Å². The molecule has 0 heterocycles. The van der Waals surface area contributed by atoms with E-state index in [1.807, 2.05) is 31.2 Å². The summed E-state index contributed by atoms with van der Waals surface area (Å²) in [4.78, 5) is 24.0. The van der Waals surface area contributed by atoms with Crippen LogP contribution in [0.5, 0.6) is 0 Å². The number of carboxylic acid groups (broad SMARTS) is 1. The van der Waals surface area contributed by atoms with Crippen LogP contribution >= 0.6 is 0 Å². The van der Waals surface area contributed by atoms with Crippen molar-refractivity contribution in [2.75, 3.05) is 0 Å². The summed E-state index contributed by atoms with van der Waals surface area (Å²) < 4.78 is 0. The number of rotatable bonds is 5. The number of aryl methyl sites for hydroxylation is 1. The summed E-state index contributed by atoms with van der Waals surface area (Å²) in [7, 11) is 0. The minimum atomic E-state index is -0.975. The van der Waals surface area contributed by atoms with Gasteiger partial charge in [0.2, 0.25) is 5.91 Å². The van der Waals surface area contributed by atoms with Crippen molar-refractivity contribution in [2.24, 2.45) is 5.92 Å². The molecule has 0 bridgehead atoms. The van der Waals surface area contributed by atoms with Crippen LogP contribution in [-0.2, 0) is 15.0 Å². The van der Waals surface area contributed by atoms with E-state index < -0.39 is 17.4 Å². The van der Waals surface area contributed by atoms with Gasteiger partial charge in [-0.3, -0.25) is 4.79 Å². The van der Waals surface area contributed by atoms with E-state index in [-0.39, 0.29) is 11.8 Å². The molecule has 1 amide bonds. The van der Waals surface area contributed by atoms with Gasteiger partial charge in [-0.05, 0) is 31.2 Å². The van der Waals surface area contributed by atoms with Crippen LogP contribution < -0.4 is 5.32 Å². The zero-order valence-electron chi connectivity index (χ0n) is 12.8. The number of hydrogen-bond donors (Lipinski definition) is 2. The number of benzene rings is 1. The first-order valence-corrected chi connectivity index (χ1v) is 7.48. The summed E-state index contributed by atoms with van der Waals surface area (Å²) in [6, 6.07) is 7.12. The Hall–Kier alpha value is -1.84. The average molecular weight is 289 g/mol. The minimum Gasteiger partial charge on any atom is -0.480 e. The zero-order chi connectivity index (χ0) is 15.6. The molecule has 4 heteroatoms. The summed E-state index contributed by atoms with van der Waals surface area (Å²) in [6.45, 7) is 5.61. The fraction of sp³-hybridized carbons (Fsp3) is 0.529. The smallest absolute Gasteiger partial charge is 0.326 e. The first-order valence-electron chi connectivity index (χ1n) is 7.48. The third-order valence-corrected chi connectivity index (χ3v) is 4.43. The predicted molar refractivity (Wildman–Crippen MR) is 81.1 cm³/mol. The Morgan fingerprint density at radius 2 is 1.95 bits per heavy atom. The third-order valence-electron chi connectivity index (χ3n) is 4.43. The maximum atomic E-state index is 12.7. The van der Waals surface area contributed by atoms with Crippen LogP contribution in [0.4, 0.5) is 0 Å². The van der Waals surface area contributed by atoms with E-state index in [9.17, 15) is 14.7 Å². The van der Waals surface area contributed by atoms with Gasteiger partial charge in [-0.25, -0.2) is 4.79 Å². The van der Waals surface area contributed by atoms with Crippen LogP contribution in [-0.4, -0.2) is 23.0 Å². The van der Waals surface area contributed by atoms with Gasteiger partial charge in [0.15, 0.2) is 0 Å². The van der Waals surface area contributed by atoms with E-state index in [4.69, 9.17) is 0 Å². The van der Waals surface area contributed by atoms with Crippen LogP contribution in [0.15, 0.2) is 24.3 Å². The summed E-state index contributed by atoms with van der Waals surface area (Å²) in [6.07, 6.45) is 2.57. The van der Waals surface area contributed by atoms with Gasteiger partial charge < -0.3 is 10.4 Å². The Morgan fingerprint density at radius 3 is 2.38 bits per heavy atom. The molecule has 0 spiro atoms. The van der Waals surface area contributed by atoms with Gasteiger partial charge in [-0.2, -0.15) is 0 Å². The molecule has 0 saturated heterocycles. The monoisotopic (exact) mass is 289 g/mol. The van der Waals surface area contributed by atoms with E-state index in [1.54, 1.807) is 13.8 Å². The fourth-order valence-electron chi connectivity index (χ4n) is 2.91. The summed E-state index contributed by atoms with van der Waals surface area (Å²) >= 11 is 0. The second-order valence-electron chi connectivity index (χ2n) is 6.34. The predicted octanol–water partition coefficient (Wildman–Crippen LogP) is 2.64. The number of carboxylic acids is 1. The lowest BCUT2D eigenvalue weighted by molar-refractivity contribution is -0.144.